The van der Waals surface area contributed by atoms with Gasteiger partial charge in [0.25, 0.3) is 25.0 Å². The number of hydrogen-bond donors (Lipinski definition) is 1. The molecule has 0 amide bonds. The van der Waals surface area contributed by atoms with Crippen LogP contribution in [-0.2, 0) is 18.3 Å². The van der Waals surface area contributed by atoms with Crippen LogP contribution in [-0.4, -0.2) is 8.42 Å². The first-order chi connectivity index (χ1) is 5.12. The maximum absolute atomic E-state index is 11.0. The third-order valence-electron chi connectivity index (χ3n) is 0.614. The molecule has 12 heavy (non-hydrogen) atoms. The van der Waals surface area contributed by atoms with E-state index >= 15 is 0 Å². The normalized spacial score (nSPS) is 53.3. The van der Waals surface area contributed by atoms with E-state index in [0.717, 1.165) is 0 Å². The minimum Gasteiger partial charge on any atom is -0.266 e. The maximum atomic E-state index is 11.0. The monoisotopic (exact) mass is 290 g/mol. The molecule has 0 spiro atoms. The Morgan fingerprint density at radius 1 is 1.25 bits per heavy atom. The molecule has 0 aliphatic carbocycles. The van der Waals surface area contributed by atoms with Crippen molar-refractivity contribution in [3.63, 3.8) is 0 Å². The molecule has 0 radical (unpaired) electrons. The molecule has 0 saturated carbocycles. The highest BCUT2D eigenvalue weighted by Gasteiger charge is 2.23. The fraction of sp³-hybridized carbons (Fsp3) is 0. The van der Waals surface area contributed by atoms with E-state index in [1.807, 2.05) is 0 Å². The van der Waals surface area contributed by atoms with Crippen LogP contribution in [0.1, 0.15) is 0 Å². The first-order valence-corrected chi connectivity index (χ1v) is 9.46. The molecule has 72 valence electrons. The Morgan fingerprint density at radius 3 is 2.08 bits per heavy atom. The van der Waals surface area contributed by atoms with Crippen LogP contribution in [0.3, 0.4) is 0 Å². The number of hydrogen-bond acceptors (Lipinski definition) is 4. The van der Waals surface area contributed by atoms with Crippen LogP contribution in [0, 0.1) is 0 Å². The molecule has 3 atom stereocenters. The second-order valence-electron chi connectivity index (χ2n) is 1.67. The van der Waals surface area contributed by atoms with E-state index in [1.165, 1.54) is 0 Å². The van der Waals surface area contributed by atoms with Gasteiger partial charge in [0.2, 0.25) is 0 Å². The van der Waals surface area contributed by atoms with Crippen LogP contribution >= 0.6 is 39.3 Å². The maximum Gasteiger partial charge on any atom is 0.254 e. The molecular formula is H2Cl3N4O2PS2. The van der Waals surface area contributed by atoms with Crippen molar-refractivity contribution in [2.24, 2.45) is 17.6 Å². The summed E-state index contributed by atoms with van der Waals surface area (Å²) >= 11 is 5.41. The molecule has 1 rings (SSSR count). The van der Waals surface area contributed by atoms with Crippen LogP contribution in [0.5, 0.6) is 0 Å². The topological polar surface area (TPSA) is 97.2 Å². The summed E-state index contributed by atoms with van der Waals surface area (Å²) in [6.07, 6.45) is 0. The predicted octanol–water partition coefficient (Wildman–Crippen LogP) is 2.22. The lowest BCUT2D eigenvalue weighted by Gasteiger charge is -2.08. The SMILES string of the molecule is NP1(Cl)=NS(=O)(Cl)=NS(=O)(Cl)=N1. The lowest BCUT2D eigenvalue weighted by Crippen LogP contribution is -1.98. The fourth-order valence-electron chi connectivity index (χ4n) is 0.441. The van der Waals surface area contributed by atoms with Gasteiger partial charge in [-0.1, -0.05) is 3.77 Å². The van der Waals surface area contributed by atoms with Crippen molar-refractivity contribution >= 4 is 57.6 Å². The first kappa shape index (κ1) is 11.0. The number of nitrogens with zero attached hydrogens (tertiary/aromatic N) is 3. The smallest absolute Gasteiger partial charge is 0.254 e. The highest BCUT2D eigenvalue weighted by Crippen LogP contribution is 2.54. The third-order valence-corrected chi connectivity index (χ3v) is 8.77. The van der Waals surface area contributed by atoms with Gasteiger partial charge in [0.05, 0.1) is 0 Å². The summed E-state index contributed by atoms with van der Waals surface area (Å²) in [6, 6.07) is 0. The summed E-state index contributed by atoms with van der Waals surface area (Å²) in [7, 11) is 3.28. The Bertz CT molecular complexity index is 470. The Kier molecular flexibility index (Phi) is 2.74. The summed E-state index contributed by atoms with van der Waals surface area (Å²) in [6.45, 7) is -3.27. The van der Waals surface area contributed by atoms with Crippen molar-refractivity contribution in [3.05, 3.63) is 0 Å². The van der Waals surface area contributed by atoms with Gasteiger partial charge in [0.15, 0.2) is 0 Å². The summed E-state index contributed by atoms with van der Waals surface area (Å²) in [5.41, 5.74) is 5.19. The van der Waals surface area contributed by atoms with Crippen LogP contribution in [0.2, 0.25) is 0 Å². The van der Waals surface area contributed by atoms with Crippen molar-refractivity contribution < 1.29 is 8.42 Å². The highest BCUT2D eigenvalue weighted by atomic mass is 35.7. The zero-order chi connectivity index (χ0) is 9.62. The molecule has 1 aliphatic heterocycles. The molecule has 3 unspecified atom stereocenters. The molecule has 6 nitrogen and oxygen atoms in total. The summed E-state index contributed by atoms with van der Waals surface area (Å²) in [5, 5.41) is 0. The Morgan fingerprint density at radius 2 is 1.75 bits per heavy atom. The van der Waals surface area contributed by atoms with Crippen LogP contribution < -0.4 is 5.50 Å². The van der Waals surface area contributed by atoms with Crippen molar-refractivity contribution in [2.45, 2.75) is 0 Å². The highest BCUT2D eigenvalue weighted by molar-refractivity contribution is 8.28. The number of nitrogens with two attached hydrogens (primary N) is 1. The molecular weight excluding hydrogens is 289 g/mol. The van der Waals surface area contributed by atoms with Gasteiger partial charge in [-0.25, -0.2) is 8.42 Å². The van der Waals surface area contributed by atoms with Gasteiger partial charge in [-0.2, -0.15) is 0 Å². The number of halogens is 3. The summed E-state index contributed by atoms with van der Waals surface area (Å²) in [4.78, 5) is 0. The van der Waals surface area contributed by atoms with Gasteiger partial charge in [-0.15, -0.1) is 8.28 Å². The summed E-state index contributed by atoms with van der Waals surface area (Å²) in [5.74, 6) is 0. The Labute approximate surface area is 83.3 Å². The zero-order valence-corrected chi connectivity index (χ0v) is 9.93. The lowest BCUT2D eigenvalue weighted by atomic mass is 13.8. The summed E-state index contributed by atoms with van der Waals surface area (Å²) < 4.78 is 31.4. The molecule has 0 aromatic rings. The van der Waals surface area contributed by atoms with E-state index in [-0.39, 0.29) is 0 Å². The minimum atomic E-state index is -3.53. The van der Waals surface area contributed by atoms with Gasteiger partial charge in [0.1, 0.15) is 0 Å². The largest absolute Gasteiger partial charge is 0.266 e. The van der Waals surface area contributed by atoms with Crippen molar-refractivity contribution in [3.8, 4) is 0 Å². The standard InChI is InChI=1S/Cl3H2N4O2PS2/c1-10(4)5-11(2,8)7-12(3,9)6-10/h4H2. The van der Waals surface area contributed by atoms with E-state index < -0.39 is 25.0 Å². The average molecular weight is 292 g/mol. The van der Waals surface area contributed by atoms with Crippen LogP contribution in [0.25, 0.3) is 0 Å². The molecule has 0 fully saturated rings. The molecule has 0 aromatic carbocycles. The van der Waals surface area contributed by atoms with E-state index in [1.54, 1.807) is 0 Å². The first-order valence-electron chi connectivity index (χ1n) is 2.20. The second kappa shape index (κ2) is 2.98. The van der Waals surface area contributed by atoms with Crippen LogP contribution in [0.15, 0.2) is 12.1 Å². The van der Waals surface area contributed by atoms with Gasteiger partial charge >= 0.3 is 0 Å². The number of rotatable bonds is 0. The van der Waals surface area contributed by atoms with Gasteiger partial charge in [-0.3, -0.25) is 5.50 Å². The molecule has 1 heterocycles. The third kappa shape index (κ3) is 3.02. The van der Waals surface area contributed by atoms with Crippen molar-refractivity contribution in [1.29, 1.82) is 0 Å². The van der Waals surface area contributed by atoms with Gasteiger partial charge in [-0.05, 0) is 11.2 Å². The average Bonchev–Trinajstić information content (AvgIpc) is 1.44. The van der Waals surface area contributed by atoms with Gasteiger partial charge in [0, 0.05) is 21.4 Å². The predicted molar refractivity (Wildman–Crippen MR) is 52.2 cm³/mol. The molecule has 0 saturated heterocycles. The lowest BCUT2D eigenvalue weighted by molar-refractivity contribution is 0.682. The fourth-order valence-corrected chi connectivity index (χ4v) is 10.2. The molecule has 2 N–H and O–H groups in total. The molecule has 12 heteroatoms. The Balaban J connectivity index is 3.70. The molecule has 0 aromatic heterocycles. The van der Waals surface area contributed by atoms with Gasteiger partial charge < -0.3 is 0 Å². The van der Waals surface area contributed by atoms with E-state index in [4.69, 9.17) is 38.1 Å². The van der Waals surface area contributed by atoms with Crippen molar-refractivity contribution in [2.75, 3.05) is 0 Å². The van der Waals surface area contributed by atoms with Crippen LogP contribution in [0.4, 0.5) is 0 Å². The van der Waals surface area contributed by atoms with E-state index in [2.05, 4.69) is 12.1 Å². The molecule has 0 bridgehead atoms. The zero-order valence-electron chi connectivity index (χ0n) is 5.13. The molecule has 1 aliphatic rings. The van der Waals surface area contributed by atoms with Crippen molar-refractivity contribution in [1.82, 2.24) is 0 Å². The van der Waals surface area contributed by atoms with E-state index in [0.29, 0.717) is 0 Å². The minimum absolute atomic E-state index is 2.96. The Hall–Kier alpha value is 0.960. The second-order valence-corrected chi connectivity index (χ2v) is 10.3. The quantitative estimate of drug-likeness (QED) is 0.547. The van der Waals surface area contributed by atoms with E-state index in [9.17, 15) is 8.42 Å².